The van der Waals surface area contributed by atoms with Gasteiger partial charge in [-0.3, -0.25) is 4.98 Å². The quantitative estimate of drug-likeness (QED) is 0.681. The van der Waals surface area contributed by atoms with Crippen LogP contribution in [0.5, 0.6) is 11.5 Å². The molecule has 0 spiro atoms. The van der Waals surface area contributed by atoms with Crippen molar-refractivity contribution in [3.63, 3.8) is 0 Å². The van der Waals surface area contributed by atoms with Gasteiger partial charge < -0.3 is 14.8 Å². The highest BCUT2D eigenvalue weighted by Gasteiger charge is 2.05. The molecule has 0 aliphatic carbocycles. The Morgan fingerprint density at radius 3 is 2.78 bits per heavy atom. The molecule has 2 aromatic rings. The highest BCUT2D eigenvalue weighted by molar-refractivity contribution is 5.42. The van der Waals surface area contributed by atoms with Gasteiger partial charge in [0.05, 0.1) is 13.7 Å². The van der Waals surface area contributed by atoms with Crippen LogP contribution in [-0.2, 0) is 13.0 Å². The van der Waals surface area contributed by atoms with Gasteiger partial charge in [0, 0.05) is 18.9 Å². The van der Waals surface area contributed by atoms with Gasteiger partial charge in [0.15, 0.2) is 11.5 Å². The molecule has 4 nitrogen and oxygen atoms in total. The van der Waals surface area contributed by atoms with Crippen molar-refractivity contribution in [3.05, 3.63) is 53.9 Å². The van der Waals surface area contributed by atoms with E-state index in [1.165, 1.54) is 11.1 Å². The highest BCUT2D eigenvalue weighted by atomic mass is 16.5. The van der Waals surface area contributed by atoms with E-state index in [-0.39, 0.29) is 0 Å². The fourth-order valence-corrected chi connectivity index (χ4v) is 2.28. The molecule has 0 aliphatic heterocycles. The lowest BCUT2D eigenvalue weighted by atomic mass is 10.2. The minimum absolute atomic E-state index is 0.727. The van der Waals surface area contributed by atoms with E-state index in [1.54, 1.807) is 13.3 Å². The first-order chi connectivity index (χ1) is 11.3. The molecule has 2 rings (SSSR count). The molecule has 1 heterocycles. The Labute approximate surface area is 138 Å². The Hall–Kier alpha value is -2.07. The van der Waals surface area contributed by atoms with Crippen LogP contribution in [0.25, 0.3) is 0 Å². The molecule has 124 valence electrons. The topological polar surface area (TPSA) is 43.4 Å². The molecule has 0 amide bonds. The van der Waals surface area contributed by atoms with Crippen LogP contribution in [0.15, 0.2) is 42.7 Å². The van der Waals surface area contributed by atoms with Crippen LogP contribution in [0, 0.1) is 0 Å². The van der Waals surface area contributed by atoms with E-state index < -0.39 is 0 Å². The molecule has 1 aromatic carbocycles. The number of hydrogen-bond donors (Lipinski definition) is 1. The molecule has 0 saturated heterocycles. The Bertz CT molecular complexity index is 573. The Balaban J connectivity index is 1.83. The number of ether oxygens (including phenoxy) is 2. The number of benzene rings is 1. The van der Waals surface area contributed by atoms with E-state index in [9.17, 15) is 0 Å². The number of pyridine rings is 1. The first-order valence-corrected chi connectivity index (χ1v) is 8.22. The summed E-state index contributed by atoms with van der Waals surface area (Å²) in [5.74, 6) is 1.62. The van der Waals surface area contributed by atoms with Crippen molar-refractivity contribution in [3.8, 4) is 11.5 Å². The van der Waals surface area contributed by atoms with Crippen LogP contribution in [-0.4, -0.2) is 25.2 Å². The summed E-state index contributed by atoms with van der Waals surface area (Å²) in [6, 6.07) is 10.2. The molecule has 0 radical (unpaired) electrons. The summed E-state index contributed by atoms with van der Waals surface area (Å²) in [4.78, 5) is 4.13. The molecular weight excluding hydrogens is 288 g/mol. The van der Waals surface area contributed by atoms with Gasteiger partial charge in [-0.05, 0) is 48.7 Å². The van der Waals surface area contributed by atoms with Gasteiger partial charge in [-0.15, -0.1) is 0 Å². The SMILES string of the molecule is CCCCOc1cc(CNCCc2cccnc2)ccc1OC. The van der Waals surface area contributed by atoms with Gasteiger partial charge in [0.25, 0.3) is 0 Å². The summed E-state index contributed by atoms with van der Waals surface area (Å²) in [6.45, 7) is 4.62. The summed E-state index contributed by atoms with van der Waals surface area (Å²) < 4.78 is 11.2. The van der Waals surface area contributed by atoms with Crippen LogP contribution < -0.4 is 14.8 Å². The number of rotatable bonds is 10. The standard InChI is InChI=1S/C19H26N2O2/c1-3-4-12-23-19-13-17(7-8-18(19)22-2)15-21-11-9-16-6-5-10-20-14-16/h5-8,10,13-14,21H,3-4,9,11-12,15H2,1-2H3. The zero-order valence-electron chi connectivity index (χ0n) is 14.0. The predicted octanol–water partition coefficient (Wildman–Crippen LogP) is 3.60. The number of unbranched alkanes of at least 4 members (excludes halogenated alkanes) is 1. The van der Waals surface area contributed by atoms with Crippen LogP contribution in [0.2, 0.25) is 0 Å². The van der Waals surface area contributed by atoms with Crippen molar-refractivity contribution in [2.24, 2.45) is 0 Å². The van der Waals surface area contributed by atoms with E-state index >= 15 is 0 Å². The Morgan fingerprint density at radius 2 is 2.04 bits per heavy atom. The molecule has 1 aromatic heterocycles. The number of nitrogens with zero attached hydrogens (tertiary/aromatic N) is 1. The van der Waals surface area contributed by atoms with Gasteiger partial charge >= 0.3 is 0 Å². The van der Waals surface area contributed by atoms with Crippen molar-refractivity contribution in [2.45, 2.75) is 32.7 Å². The lowest BCUT2D eigenvalue weighted by Gasteiger charge is -2.12. The lowest BCUT2D eigenvalue weighted by Crippen LogP contribution is -2.16. The maximum absolute atomic E-state index is 5.82. The van der Waals surface area contributed by atoms with Gasteiger partial charge in [-0.1, -0.05) is 25.5 Å². The number of nitrogens with one attached hydrogen (secondary N) is 1. The Kier molecular flexibility index (Phi) is 7.40. The second-order valence-corrected chi connectivity index (χ2v) is 5.48. The minimum Gasteiger partial charge on any atom is -0.493 e. The third-order valence-corrected chi connectivity index (χ3v) is 3.63. The zero-order chi connectivity index (χ0) is 16.3. The molecule has 0 atom stereocenters. The van der Waals surface area contributed by atoms with Gasteiger partial charge in [-0.2, -0.15) is 0 Å². The normalized spacial score (nSPS) is 10.5. The number of hydrogen-bond acceptors (Lipinski definition) is 4. The highest BCUT2D eigenvalue weighted by Crippen LogP contribution is 2.28. The maximum atomic E-state index is 5.82. The van der Waals surface area contributed by atoms with Crippen LogP contribution in [0.3, 0.4) is 0 Å². The van der Waals surface area contributed by atoms with Crippen molar-refractivity contribution < 1.29 is 9.47 Å². The van der Waals surface area contributed by atoms with Crippen molar-refractivity contribution >= 4 is 0 Å². The zero-order valence-corrected chi connectivity index (χ0v) is 14.0. The average molecular weight is 314 g/mol. The van der Waals surface area contributed by atoms with Crippen molar-refractivity contribution in [2.75, 3.05) is 20.3 Å². The maximum Gasteiger partial charge on any atom is 0.161 e. The third-order valence-electron chi connectivity index (χ3n) is 3.63. The van der Waals surface area contributed by atoms with Gasteiger partial charge in [0.2, 0.25) is 0 Å². The molecule has 0 fully saturated rings. The first kappa shape index (κ1) is 17.3. The molecule has 0 saturated carbocycles. The van der Waals surface area contributed by atoms with Crippen molar-refractivity contribution in [1.29, 1.82) is 0 Å². The van der Waals surface area contributed by atoms with E-state index in [0.29, 0.717) is 0 Å². The van der Waals surface area contributed by atoms with Crippen LogP contribution in [0.1, 0.15) is 30.9 Å². The fraction of sp³-hybridized carbons (Fsp3) is 0.421. The van der Waals surface area contributed by atoms with Gasteiger partial charge in [-0.25, -0.2) is 0 Å². The molecule has 0 bridgehead atoms. The molecule has 4 heteroatoms. The fourth-order valence-electron chi connectivity index (χ4n) is 2.28. The van der Waals surface area contributed by atoms with Crippen molar-refractivity contribution in [1.82, 2.24) is 10.3 Å². The molecular formula is C19H26N2O2. The average Bonchev–Trinajstić information content (AvgIpc) is 2.60. The third kappa shape index (κ3) is 5.91. The van der Waals surface area contributed by atoms with E-state index in [0.717, 1.165) is 50.5 Å². The summed E-state index contributed by atoms with van der Waals surface area (Å²) in [6.07, 6.45) is 6.86. The molecule has 0 unspecified atom stereocenters. The van der Waals surface area contributed by atoms with E-state index in [1.807, 2.05) is 18.3 Å². The smallest absolute Gasteiger partial charge is 0.161 e. The van der Waals surface area contributed by atoms with Crippen LogP contribution >= 0.6 is 0 Å². The van der Waals surface area contributed by atoms with E-state index in [4.69, 9.17) is 9.47 Å². The molecule has 23 heavy (non-hydrogen) atoms. The second kappa shape index (κ2) is 9.85. The summed E-state index contributed by atoms with van der Waals surface area (Å²) >= 11 is 0. The molecule has 1 N–H and O–H groups in total. The summed E-state index contributed by atoms with van der Waals surface area (Å²) in [5, 5.41) is 3.46. The monoisotopic (exact) mass is 314 g/mol. The van der Waals surface area contributed by atoms with Gasteiger partial charge in [0.1, 0.15) is 0 Å². The second-order valence-electron chi connectivity index (χ2n) is 5.48. The van der Waals surface area contributed by atoms with E-state index in [2.05, 4.69) is 35.4 Å². The number of methoxy groups -OCH3 is 1. The molecule has 0 aliphatic rings. The minimum atomic E-state index is 0.727. The lowest BCUT2D eigenvalue weighted by molar-refractivity contribution is 0.288. The summed E-state index contributed by atoms with van der Waals surface area (Å²) in [5.41, 5.74) is 2.45. The number of aromatic nitrogens is 1. The van der Waals surface area contributed by atoms with Crippen LogP contribution in [0.4, 0.5) is 0 Å². The largest absolute Gasteiger partial charge is 0.493 e. The summed E-state index contributed by atoms with van der Waals surface area (Å²) in [7, 11) is 1.67. The Morgan fingerprint density at radius 1 is 1.13 bits per heavy atom. The predicted molar refractivity (Wildman–Crippen MR) is 93.0 cm³/mol. The first-order valence-electron chi connectivity index (χ1n) is 8.22.